The minimum atomic E-state index is -0.433. The molecule has 0 aromatic carbocycles. The maximum Gasteiger partial charge on any atom is 0.215 e. The van der Waals surface area contributed by atoms with Crippen LogP contribution >= 0.6 is 0 Å². The van der Waals surface area contributed by atoms with E-state index in [1.807, 2.05) is 13.0 Å². The number of H-pyrrole nitrogens is 1. The van der Waals surface area contributed by atoms with Crippen LogP contribution in [0.2, 0.25) is 0 Å². The Morgan fingerprint density at radius 2 is 2.36 bits per heavy atom. The number of hydrogen-bond acceptors (Lipinski definition) is 1. The summed E-state index contributed by atoms with van der Waals surface area (Å²) in [4.78, 5) is 6.52. The highest BCUT2D eigenvalue weighted by Gasteiger charge is 2.01. The van der Waals surface area contributed by atoms with Crippen molar-refractivity contribution in [2.75, 3.05) is 0 Å². The zero-order valence-corrected chi connectivity index (χ0v) is 6.06. The molecule has 0 amide bonds. The molecule has 0 radical (unpaired) electrons. The summed E-state index contributed by atoms with van der Waals surface area (Å²) in [6, 6.07) is 3.31. The molecule has 2 aromatic rings. The van der Waals surface area contributed by atoms with E-state index in [-0.39, 0.29) is 0 Å². The number of pyridine rings is 1. The third-order valence-corrected chi connectivity index (χ3v) is 1.70. The Kier molecular flexibility index (Phi) is 1.18. The van der Waals surface area contributed by atoms with Crippen molar-refractivity contribution in [1.82, 2.24) is 9.97 Å². The van der Waals surface area contributed by atoms with E-state index in [2.05, 4.69) is 9.97 Å². The molecule has 0 unspecified atom stereocenters. The van der Waals surface area contributed by atoms with Crippen molar-refractivity contribution in [3.05, 3.63) is 29.8 Å². The van der Waals surface area contributed by atoms with Crippen LogP contribution in [0.1, 0.15) is 5.56 Å². The molecule has 2 aromatic heterocycles. The largest absolute Gasteiger partial charge is 0.346 e. The second kappa shape index (κ2) is 2.05. The first kappa shape index (κ1) is 6.34. The van der Waals surface area contributed by atoms with Gasteiger partial charge in [0.25, 0.3) is 0 Å². The number of aromatic amines is 1. The van der Waals surface area contributed by atoms with Crippen LogP contribution in [0.4, 0.5) is 4.39 Å². The maximum atomic E-state index is 12.6. The van der Waals surface area contributed by atoms with E-state index in [9.17, 15) is 4.39 Å². The van der Waals surface area contributed by atoms with Gasteiger partial charge in [-0.25, -0.2) is 4.98 Å². The zero-order chi connectivity index (χ0) is 7.84. The fraction of sp³-hybridized carbons (Fsp3) is 0.125. The summed E-state index contributed by atoms with van der Waals surface area (Å²) in [6.45, 7) is 1.86. The number of halogens is 1. The summed E-state index contributed by atoms with van der Waals surface area (Å²) in [6.07, 6.45) is 1.75. The molecule has 2 rings (SSSR count). The molecule has 0 bridgehead atoms. The number of aromatic nitrogens is 2. The predicted octanol–water partition coefficient (Wildman–Crippen LogP) is 2.01. The number of aryl methyl sites for hydroxylation is 1. The lowest BCUT2D eigenvalue weighted by Gasteiger charge is -1.94. The molecule has 1 N–H and O–H groups in total. The van der Waals surface area contributed by atoms with E-state index in [0.717, 1.165) is 10.9 Å². The van der Waals surface area contributed by atoms with Gasteiger partial charge in [-0.1, -0.05) is 0 Å². The summed E-state index contributed by atoms with van der Waals surface area (Å²) in [5.41, 5.74) is 1.52. The molecule has 11 heavy (non-hydrogen) atoms. The lowest BCUT2D eigenvalue weighted by Crippen LogP contribution is -1.85. The van der Waals surface area contributed by atoms with Gasteiger partial charge < -0.3 is 4.98 Å². The minimum Gasteiger partial charge on any atom is -0.346 e. The van der Waals surface area contributed by atoms with Gasteiger partial charge in [-0.15, -0.1) is 0 Å². The first-order chi connectivity index (χ1) is 5.27. The molecule has 0 aliphatic rings. The van der Waals surface area contributed by atoms with Crippen LogP contribution in [-0.2, 0) is 0 Å². The van der Waals surface area contributed by atoms with Crippen molar-refractivity contribution < 1.29 is 4.39 Å². The number of nitrogens with one attached hydrogen (secondary N) is 1. The highest BCUT2D eigenvalue weighted by atomic mass is 19.1. The van der Waals surface area contributed by atoms with Gasteiger partial charge in [0.15, 0.2) is 0 Å². The van der Waals surface area contributed by atoms with Crippen molar-refractivity contribution in [3.63, 3.8) is 0 Å². The number of hydrogen-bond donors (Lipinski definition) is 1. The van der Waals surface area contributed by atoms with Crippen molar-refractivity contribution >= 4 is 11.0 Å². The van der Waals surface area contributed by atoms with Gasteiger partial charge in [0, 0.05) is 11.6 Å². The Hall–Kier alpha value is -1.38. The Bertz CT molecular complexity index is 392. The van der Waals surface area contributed by atoms with Gasteiger partial charge >= 0.3 is 0 Å². The Labute approximate surface area is 63.1 Å². The summed E-state index contributed by atoms with van der Waals surface area (Å²) in [5, 5.41) is 0.978. The summed E-state index contributed by atoms with van der Waals surface area (Å²) >= 11 is 0. The average Bonchev–Trinajstić information content (AvgIpc) is 2.34. The highest BCUT2D eigenvalue weighted by Crippen LogP contribution is 2.14. The minimum absolute atomic E-state index is 0.433. The monoisotopic (exact) mass is 150 g/mol. The molecule has 0 aliphatic heterocycles. The molecule has 0 fully saturated rings. The molecular formula is C8H7FN2. The summed E-state index contributed by atoms with van der Waals surface area (Å²) in [5.74, 6) is -0.433. The number of nitrogens with zero attached hydrogens (tertiary/aromatic N) is 1. The second-order valence-corrected chi connectivity index (χ2v) is 2.50. The standard InChI is InChI=1S/C8H7FN2/c1-5-4-7(9)11-8-6(5)2-3-10-8/h2-4H,1H3,(H,10,11). The maximum absolute atomic E-state index is 12.6. The first-order valence-corrected chi connectivity index (χ1v) is 3.37. The molecule has 0 aliphatic carbocycles. The first-order valence-electron chi connectivity index (χ1n) is 3.37. The Morgan fingerprint density at radius 3 is 3.18 bits per heavy atom. The molecule has 0 saturated heterocycles. The van der Waals surface area contributed by atoms with Gasteiger partial charge in [-0.3, -0.25) is 0 Å². The van der Waals surface area contributed by atoms with Crippen molar-refractivity contribution in [2.24, 2.45) is 0 Å². The average molecular weight is 150 g/mol. The van der Waals surface area contributed by atoms with E-state index < -0.39 is 5.95 Å². The molecule has 2 nitrogen and oxygen atoms in total. The van der Waals surface area contributed by atoms with E-state index in [4.69, 9.17) is 0 Å². The lowest BCUT2D eigenvalue weighted by molar-refractivity contribution is 0.587. The number of fused-ring (bicyclic) bond motifs is 1. The van der Waals surface area contributed by atoms with Gasteiger partial charge in [-0.05, 0) is 24.6 Å². The smallest absolute Gasteiger partial charge is 0.215 e. The molecule has 2 heterocycles. The molecular weight excluding hydrogens is 143 g/mol. The SMILES string of the molecule is Cc1cc(F)nc2[nH]ccc12. The van der Waals surface area contributed by atoms with Crippen LogP contribution in [0.5, 0.6) is 0 Å². The highest BCUT2D eigenvalue weighted by molar-refractivity contribution is 5.78. The molecule has 56 valence electrons. The molecule has 0 saturated carbocycles. The van der Waals surface area contributed by atoms with Crippen molar-refractivity contribution in [3.8, 4) is 0 Å². The molecule has 0 spiro atoms. The molecule has 3 heteroatoms. The van der Waals surface area contributed by atoms with Crippen LogP contribution in [0.25, 0.3) is 11.0 Å². The second-order valence-electron chi connectivity index (χ2n) is 2.50. The molecule has 0 atom stereocenters. The Balaban J connectivity index is 2.91. The van der Waals surface area contributed by atoms with Gasteiger partial charge in [-0.2, -0.15) is 4.39 Å². The fourth-order valence-corrected chi connectivity index (χ4v) is 1.17. The zero-order valence-electron chi connectivity index (χ0n) is 6.06. The lowest BCUT2D eigenvalue weighted by atomic mass is 10.2. The number of rotatable bonds is 0. The third kappa shape index (κ3) is 0.888. The van der Waals surface area contributed by atoms with Crippen LogP contribution in [0.3, 0.4) is 0 Å². The van der Waals surface area contributed by atoms with Crippen LogP contribution < -0.4 is 0 Å². The summed E-state index contributed by atoms with van der Waals surface area (Å²) in [7, 11) is 0. The van der Waals surface area contributed by atoms with Crippen LogP contribution in [0, 0.1) is 12.9 Å². The van der Waals surface area contributed by atoms with E-state index in [1.54, 1.807) is 6.20 Å². The predicted molar refractivity (Wildman–Crippen MR) is 40.8 cm³/mol. The normalized spacial score (nSPS) is 10.7. The Morgan fingerprint density at radius 1 is 1.55 bits per heavy atom. The quantitative estimate of drug-likeness (QED) is 0.572. The van der Waals surface area contributed by atoms with E-state index in [0.29, 0.717) is 5.65 Å². The van der Waals surface area contributed by atoms with Gasteiger partial charge in [0.1, 0.15) is 5.65 Å². The van der Waals surface area contributed by atoms with E-state index >= 15 is 0 Å². The fourth-order valence-electron chi connectivity index (χ4n) is 1.17. The third-order valence-electron chi connectivity index (χ3n) is 1.70. The van der Waals surface area contributed by atoms with Crippen molar-refractivity contribution in [2.45, 2.75) is 6.92 Å². The van der Waals surface area contributed by atoms with Crippen LogP contribution in [-0.4, -0.2) is 9.97 Å². The van der Waals surface area contributed by atoms with E-state index in [1.165, 1.54) is 6.07 Å². The summed E-state index contributed by atoms with van der Waals surface area (Å²) < 4.78 is 12.6. The van der Waals surface area contributed by atoms with Crippen LogP contribution in [0.15, 0.2) is 18.3 Å². The van der Waals surface area contributed by atoms with Gasteiger partial charge in [0.2, 0.25) is 5.95 Å². The topological polar surface area (TPSA) is 28.7 Å². The van der Waals surface area contributed by atoms with Crippen molar-refractivity contribution in [1.29, 1.82) is 0 Å². The van der Waals surface area contributed by atoms with Gasteiger partial charge in [0.05, 0.1) is 0 Å².